The van der Waals surface area contributed by atoms with E-state index in [0.717, 1.165) is 28.8 Å². The van der Waals surface area contributed by atoms with Gasteiger partial charge < -0.3 is 5.32 Å². The van der Waals surface area contributed by atoms with E-state index in [-0.39, 0.29) is 5.78 Å². The second-order valence-corrected chi connectivity index (χ2v) is 5.67. The Bertz CT molecular complexity index is 438. The highest BCUT2D eigenvalue weighted by Gasteiger charge is 2.20. The van der Waals surface area contributed by atoms with Crippen molar-refractivity contribution in [3.8, 4) is 0 Å². The van der Waals surface area contributed by atoms with Gasteiger partial charge >= 0.3 is 0 Å². The maximum absolute atomic E-state index is 11.9. The zero-order valence-corrected chi connectivity index (χ0v) is 12.6. The van der Waals surface area contributed by atoms with Gasteiger partial charge in [-0.2, -0.15) is 5.10 Å². The summed E-state index contributed by atoms with van der Waals surface area (Å²) in [5.74, 6) is 0.273. The van der Waals surface area contributed by atoms with Gasteiger partial charge in [-0.3, -0.25) is 9.48 Å². The lowest BCUT2D eigenvalue weighted by Gasteiger charge is -2.04. The minimum Gasteiger partial charge on any atom is -0.314 e. The van der Waals surface area contributed by atoms with Gasteiger partial charge in [-0.05, 0) is 35.2 Å². The van der Waals surface area contributed by atoms with E-state index in [4.69, 9.17) is 0 Å². The van der Waals surface area contributed by atoms with Crippen LogP contribution in [0.15, 0.2) is 4.47 Å². The van der Waals surface area contributed by atoms with Gasteiger partial charge in [-0.25, -0.2) is 0 Å². The van der Waals surface area contributed by atoms with Crippen LogP contribution in [0, 0.1) is 0 Å². The van der Waals surface area contributed by atoms with Crippen molar-refractivity contribution in [3.63, 3.8) is 0 Å². The van der Waals surface area contributed by atoms with E-state index >= 15 is 0 Å². The van der Waals surface area contributed by atoms with E-state index in [1.807, 2.05) is 11.7 Å². The van der Waals surface area contributed by atoms with Gasteiger partial charge in [0.2, 0.25) is 0 Å². The van der Waals surface area contributed by atoms with Crippen LogP contribution in [0.1, 0.15) is 37.6 Å². The fourth-order valence-electron chi connectivity index (χ4n) is 1.99. The fraction of sp³-hybridized carbons (Fsp3) is 0.692. The molecule has 0 amide bonds. The summed E-state index contributed by atoms with van der Waals surface area (Å²) < 4.78 is 2.81. The molecule has 4 nitrogen and oxygen atoms in total. The Balaban J connectivity index is 1.87. The maximum atomic E-state index is 11.9. The summed E-state index contributed by atoms with van der Waals surface area (Å²) in [5.41, 5.74) is 2.01. The second-order valence-electron chi connectivity index (χ2n) is 4.88. The van der Waals surface area contributed by atoms with Crippen LogP contribution in [-0.2, 0) is 24.7 Å². The van der Waals surface area contributed by atoms with Crippen molar-refractivity contribution in [2.45, 2.75) is 45.1 Å². The first-order valence-electron chi connectivity index (χ1n) is 6.57. The van der Waals surface area contributed by atoms with Gasteiger partial charge in [-0.1, -0.05) is 6.92 Å². The second kappa shape index (κ2) is 5.97. The predicted molar refractivity (Wildman–Crippen MR) is 74.6 cm³/mol. The molecule has 0 aromatic carbocycles. The molecule has 5 heteroatoms. The number of carbonyl (C=O) groups is 1. The van der Waals surface area contributed by atoms with Crippen molar-refractivity contribution in [2.24, 2.45) is 7.05 Å². The summed E-state index contributed by atoms with van der Waals surface area (Å²) >= 11 is 3.54. The lowest BCUT2D eigenvalue weighted by atomic mass is 10.1. The normalized spacial score (nSPS) is 15.1. The molecule has 0 radical (unpaired) electrons. The van der Waals surface area contributed by atoms with Gasteiger partial charge in [-0.15, -0.1) is 0 Å². The number of Topliss-reactive ketones (excluding diaryl/α,β-unsaturated/α-hetero) is 1. The van der Waals surface area contributed by atoms with E-state index in [1.165, 1.54) is 12.8 Å². The first-order valence-corrected chi connectivity index (χ1v) is 7.36. The highest BCUT2D eigenvalue weighted by molar-refractivity contribution is 9.10. The molecule has 0 atom stereocenters. The van der Waals surface area contributed by atoms with Crippen LogP contribution in [0.3, 0.4) is 0 Å². The molecule has 0 saturated heterocycles. The molecule has 0 aliphatic heterocycles. The molecular formula is C13H20BrN3O. The highest BCUT2D eigenvalue weighted by Crippen LogP contribution is 2.22. The van der Waals surface area contributed by atoms with Crippen molar-refractivity contribution in [3.05, 3.63) is 15.9 Å². The van der Waals surface area contributed by atoms with Crippen LogP contribution in [0.5, 0.6) is 0 Å². The molecule has 100 valence electrons. The topological polar surface area (TPSA) is 46.9 Å². The monoisotopic (exact) mass is 313 g/mol. The zero-order chi connectivity index (χ0) is 13.1. The third-order valence-corrected chi connectivity index (χ3v) is 4.20. The fourth-order valence-corrected chi connectivity index (χ4v) is 2.75. The molecule has 1 saturated carbocycles. The molecule has 0 bridgehead atoms. The Morgan fingerprint density at radius 3 is 2.83 bits per heavy atom. The molecule has 1 aromatic rings. The number of carbonyl (C=O) groups excluding carboxylic acids is 1. The van der Waals surface area contributed by atoms with Crippen LogP contribution >= 0.6 is 15.9 Å². The maximum Gasteiger partial charge on any atom is 0.140 e. The van der Waals surface area contributed by atoms with Crippen molar-refractivity contribution < 1.29 is 4.79 Å². The molecule has 1 heterocycles. The summed E-state index contributed by atoms with van der Waals surface area (Å²) in [7, 11) is 1.90. The Labute approximate surface area is 116 Å². The molecule has 0 spiro atoms. The molecule has 1 aromatic heterocycles. The summed E-state index contributed by atoms with van der Waals surface area (Å²) in [6.07, 6.45) is 4.49. The average molecular weight is 314 g/mol. The number of hydrogen-bond donors (Lipinski definition) is 1. The molecular weight excluding hydrogens is 294 g/mol. The molecule has 18 heavy (non-hydrogen) atoms. The summed E-state index contributed by atoms with van der Waals surface area (Å²) in [6, 6.07) is 0.674. The van der Waals surface area contributed by atoms with Gasteiger partial charge in [0.1, 0.15) is 5.78 Å². The molecule has 1 N–H and O–H groups in total. The van der Waals surface area contributed by atoms with Crippen molar-refractivity contribution in [2.75, 3.05) is 6.54 Å². The van der Waals surface area contributed by atoms with Gasteiger partial charge in [0, 0.05) is 32.5 Å². The first kappa shape index (κ1) is 13.7. The lowest BCUT2D eigenvalue weighted by Crippen LogP contribution is -2.21. The van der Waals surface area contributed by atoms with Gasteiger partial charge in [0.05, 0.1) is 15.9 Å². The zero-order valence-electron chi connectivity index (χ0n) is 11.0. The Kier molecular flexibility index (Phi) is 4.56. The minimum atomic E-state index is 0.273. The summed E-state index contributed by atoms with van der Waals surface area (Å²) in [6.45, 7) is 2.87. The average Bonchev–Trinajstić information content (AvgIpc) is 3.11. The summed E-state index contributed by atoms with van der Waals surface area (Å²) in [4.78, 5) is 11.9. The predicted octanol–water partition coefficient (Wildman–Crippen LogP) is 2.00. The van der Waals surface area contributed by atoms with Crippen LogP contribution < -0.4 is 5.32 Å². The number of rotatable bonds is 7. The Hall–Kier alpha value is -0.680. The minimum absolute atomic E-state index is 0.273. The quantitative estimate of drug-likeness (QED) is 0.837. The third kappa shape index (κ3) is 3.42. The first-order chi connectivity index (χ1) is 8.61. The van der Waals surface area contributed by atoms with Gasteiger partial charge in [0.25, 0.3) is 0 Å². The highest BCUT2D eigenvalue weighted by atomic mass is 79.9. The largest absolute Gasteiger partial charge is 0.314 e. The van der Waals surface area contributed by atoms with E-state index in [2.05, 4.69) is 33.3 Å². The molecule has 2 rings (SSSR count). The standard InChI is InChI=1S/C13H20BrN3O/c1-3-11-13(14)12(17(2)16-11)8-10(18)6-7-15-9-4-5-9/h9,15H,3-8H2,1-2H3. The van der Waals surface area contributed by atoms with E-state index in [9.17, 15) is 4.79 Å². The van der Waals surface area contributed by atoms with Crippen molar-refractivity contribution >= 4 is 21.7 Å². The number of nitrogens with zero attached hydrogens (tertiary/aromatic N) is 2. The summed E-state index contributed by atoms with van der Waals surface area (Å²) in [5, 5.41) is 7.77. The van der Waals surface area contributed by atoms with Crippen molar-refractivity contribution in [1.29, 1.82) is 0 Å². The smallest absolute Gasteiger partial charge is 0.140 e. The third-order valence-electron chi connectivity index (χ3n) is 3.28. The van der Waals surface area contributed by atoms with Crippen LogP contribution in [0.25, 0.3) is 0 Å². The van der Waals surface area contributed by atoms with E-state index in [1.54, 1.807) is 0 Å². The van der Waals surface area contributed by atoms with Gasteiger partial charge in [0.15, 0.2) is 0 Å². The van der Waals surface area contributed by atoms with E-state index in [0.29, 0.717) is 18.9 Å². The number of hydrogen-bond acceptors (Lipinski definition) is 3. The SMILES string of the molecule is CCc1nn(C)c(CC(=O)CCNC2CC2)c1Br. The number of nitrogens with one attached hydrogen (secondary N) is 1. The van der Waals surface area contributed by atoms with Crippen LogP contribution in [0.4, 0.5) is 0 Å². The Morgan fingerprint density at radius 1 is 1.56 bits per heavy atom. The Morgan fingerprint density at radius 2 is 2.28 bits per heavy atom. The number of ketones is 1. The molecule has 0 unspecified atom stereocenters. The molecule has 1 aliphatic rings. The van der Waals surface area contributed by atoms with E-state index < -0.39 is 0 Å². The number of halogens is 1. The number of aryl methyl sites for hydroxylation is 2. The molecule has 1 aliphatic carbocycles. The molecule has 1 fully saturated rings. The number of aromatic nitrogens is 2. The van der Waals surface area contributed by atoms with Crippen LogP contribution in [-0.4, -0.2) is 28.2 Å². The van der Waals surface area contributed by atoms with Crippen molar-refractivity contribution in [1.82, 2.24) is 15.1 Å². The lowest BCUT2D eigenvalue weighted by molar-refractivity contribution is -0.118. The van der Waals surface area contributed by atoms with Crippen LogP contribution in [0.2, 0.25) is 0 Å².